The van der Waals surface area contributed by atoms with Crippen molar-refractivity contribution in [1.82, 2.24) is 0 Å². The smallest absolute Gasteiger partial charge is 0.271 e. The number of hydrogen-bond acceptors (Lipinski definition) is 4. The third-order valence-electron chi connectivity index (χ3n) is 3.19. The van der Waals surface area contributed by atoms with Gasteiger partial charge >= 0.3 is 0 Å². The molecule has 0 fully saturated rings. The molecule has 0 amide bonds. The van der Waals surface area contributed by atoms with E-state index in [0.29, 0.717) is 18.0 Å². The van der Waals surface area contributed by atoms with Crippen LogP contribution in [0.2, 0.25) is 0 Å². The number of nitro benzene ring substituents is 1. The molecule has 0 atom stereocenters. The summed E-state index contributed by atoms with van der Waals surface area (Å²) < 4.78 is 0.764. The first-order valence-electron chi connectivity index (χ1n) is 6.35. The summed E-state index contributed by atoms with van der Waals surface area (Å²) in [5.74, 6) is 0.301. The molecule has 0 saturated heterocycles. The van der Waals surface area contributed by atoms with Crippen LogP contribution in [-0.2, 0) is 6.54 Å². The number of anilines is 1. The van der Waals surface area contributed by atoms with Gasteiger partial charge in [-0.3, -0.25) is 10.1 Å². The van der Waals surface area contributed by atoms with Crippen LogP contribution in [0.5, 0.6) is 5.75 Å². The summed E-state index contributed by atoms with van der Waals surface area (Å²) in [6.45, 7) is 4.20. The number of aryl methyl sites for hydroxylation is 2. The monoisotopic (exact) mass is 350 g/mol. The lowest BCUT2D eigenvalue weighted by Gasteiger charge is -2.11. The van der Waals surface area contributed by atoms with Crippen molar-refractivity contribution < 1.29 is 10.0 Å². The highest BCUT2D eigenvalue weighted by Crippen LogP contribution is 2.28. The van der Waals surface area contributed by atoms with E-state index in [1.165, 1.54) is 12.1 Å². The fourth-order valence-electron chi connectivity index (χ4n) is 2.11. The molecule has 0 aliphatic carbocycles. The molecule has 6 heteroatoms. The van der Waals surface area contributed by atoms with Crippen LogP contribution in [0.4, 0.5) is 11.4 Å². The highest BCUT2D eigenvalue weighted by Gasteiger charge is 2.10. The number of benzene rings is 2. The summed E-state index contributed by atoms with van der Waals surface area (Å²) >= 11 is 3.37. The Hall–Kier alpha value is -2.08. The molecule has 0 aromatic heterocycles. The minimum atomic E-state index is -0.424. The highest BCUT2D eigenvalue weighted by molar-refractivity contribution is 9.10. The van der Waals surface area contributed by atoms with Crippen molar-refractivity contribution in [2.24, 2.45) is 0 Å². The molecule has 0 spiro atoms. The molecule has 0 saturated carbocycles. The Labute approximate surface area is 130 Å². The van der Waals surface area contributed by atoms with E-state index in [4.69, 9.17) is 0 Å². The predicted octanol–water partition coefficient (Wildman–Crippen LogP) is 4.29. The number of rotatable bonds is 4. The molecular formula is C15H15BrN2O3. The van der Waals surface area contributed by atoms with Gasteiger partial charge in [-0.15, -0.1) is 0 Å². The van der Waals surface area contributed by atoms with Gasteiger partial charge in [-0.1, -0.05) is 12.1 Å². The number of aromatic hydroxyl groups is 1. The van der Waals surface area contributed by atoms with Crippen molar-refractivity contribution in [3.05, 3.63) is 61.6 Å². The second-order valence-corrected chi connectivity index (χ2v) is 5.71. The molecule has 0 unspecified atom stereocenters. The van der Waals surface area contributed by atoms with E-state index in [1.807, 2.05) is 26.0 Å². The standard InChI is InChI=1S/C15H15BrN2O3/c1-9-5-11(6-10(2)15(9)19)8-17-14-7-12(18(20)21)3-4-13(14)16/h3-7,17,19H,8H2,1-2H3. The SMILES string of the molecule is Cc1cc(CNc2cc([N+](=O)[O-])ccc2Br)cc(C)c1O. The number of halogens is 1. The highest BCUT2D eigenvalue weighted by atomic mass is 79.9. The van der Waals surface area contributed by atoms with Crippen LogP contribution < -0.4 is 5.32 Å². The van der Waals surface area contributed by atoms with Crippen LogP contribution in [0.25, 0.3) is 0 Å². The Morgan fingerprint density at radius 2 is 1.86 bits per heavy atom. The Kier molecular flexibility index (Phi) is 4.47. The number of nitrogens with zero attached hydrogens (tertiary/aromatic N) is 1. The van der Waals surface area contributed by atoms with Crippen LogP contribution in [0.3, 0.4) is 0 Å². The van der Waals surface area contributed by atoms with Gasteiger partial charge in [0, 0.05) is 23.2 Å². The molecule has 0 heterocycles. The Morgan fingerprint density at radius 3 is 2.43 bits per heavy atom. The summed E-state index contributed by atoms with van der Waals surface area (Å²) in [6.07, 6.45) is 0. The lowest BCUT2D eigenvalue weighted by molar-refractivity contribution is -0.384. The van der Waals surface area contributed by atoms with Crippen molar-refractivity contribution in [2.45, 2.75) is 20.4 Å². The zero-order chi connectivity index (χ0) is 15.6. The Morgan fingerprint density at radius 1 is 1.24 bits per heavy atom. The molecule has 0 aliphatic heterocycles. The minimum absolute atomic E-state index is 0.0405. The second kappa shape index (κ2) is 6.13. The summed E-state index contributed by atoms with van der Waals surface area (Å²) in [6, 6.07) is 8.36. The van der Waals surface area contributed by atoms with E-state index in [2.05, 4.69) is 21.2 Å². The van der Waals surface area contributed by atoms with Crippen LogP contribution >= 0.6 is 15.9 Å². The van der Waals surface area contributed by atoms with E-state index in [9.17, 15) is 15.2 Å². The number of nitrogens with one attached hydrogen (secondary N) is 1. The fourth-order valence-corrected chi connectivity index (χ4v) is 2.49. The largest absolute Gasteiger partial charge is 0.507 e. The molecule has 2 rings (SSSR count). The maximum Gasteiger partial charge on any atom is 0.271 e. The van der Waals surface area contributed by atoms with Crippen molar-refractivity contribution in [2.75, 3.05) is 5.32 Å². The number of phenols is 1. The molecular weight excluding hydrogens is 336 g/mol. The van der Waals surface area contributed by atoms with Crippen molar-refractivity contribution in [3.63, 3.8) is 0 Å². The predicted molar refractivity (Wildman–Crippen MR) is 85.7 cm³/mol. The molecule has 0 aliphatic rings. The first kappa shape index (κ1) is 15.3. The van der Waals surface area contributed by atoms with E-state index in [0.717, 1.165) is 21.2 Å². The van der Waals surface area contributed by atoms with Crippen LogP contribution in [0, 0.1) is 24.0 Å². The lowest BCUT2D eigenvalue weighted by atomic mass is 10.1. The van der Waals surface area contributed by atoms with Gasteiger partial charge in [0.25, 0.3) is 5.69 Å². The summed E-state index contributed by atoms with van der Waals surface area (Å²) in [5.41, 5.74) is 3.32. The van der Waals surface area contributed by atoms with E-state index in [1.54, 1.807) is 6.07 Å². The van der Waals surface area contributed by atoms with Gasteiger partial charge in [-0.2, -0.15) is 0 Å². The number of phenolic OH excluding ortho intramolecular Hbond substituents is 1. The van der Waals surface area contributed by atoms with Gasteiger partial charge in [0.1, 0.15) is 5.75 Å². The molecule has 2 aromatic rings. The van der Waals surface area contributed by atoms with Crippen LogP contribution in [-0.4, -0.2) is 10.0 Å². The summed E-state index contributed by atoms with van der Waals surface area (Å²) in [4.78, 5) is 10.4. The summed E-state index contributed by atoms with van der Waals surface area (Å²) in [7, 11) is 0. The average molecular weight is 351 g/mol. The number of hydrogen-bond donors (Lipinski definition) is 2. The zero-order valence-electron chi connectivity index (χ0n) is 11.7. The number of non-ortho nitro benzene ring substituents is 1. The van der Waals surface area contributed by atoms with Gasteiger partial charge in [-0.05, 0) is 52.5 Å². The number of nitro groups is 1. The Bertz CT molecular complexity index is 678. The van der Waals surface area contributed by atoms with Gasteiger partial charge in [0.2, 0.25) is 0 Å². The first-order chi connectivity index (χ1) is 9.88. The molecule has 0 bridgehead atoms. The first-order valence-corrected chi connectivity index (χ1v) is 7.14. The third kappa shape index (κ3) is 3.52. The van der Waals surface area contributed by atoms with Crippen LogP contribution in [0.15, 0.2) is 34.8 Å². The molecule has 2 aromatic carbocycles. The fraction of sp³-hybridized carbons (Fsp3) is 0.200. The van der Waals surface area contributed by atoms with Gasteiger partial charge < -0.3 is 10.4 Å². The molecule has 2 N–H and O–H groups in total. The van der Waals surface area contributed by atoms with Crippen molar-refractivity contribution in [1.29, 1.82) is 0 Å². The van der Waals surface area contributed by atoms with Gasteiger partial charge in [-0.25, -0.2) is 0 Å². The quantitative estimate of drug-likeness (QED) is 0.636. The third-order valence-corrected chi connectivity index (χ3v) is 3.89. The second-order valence-electron chi connectivity index (χ2n) is 4.85. The normalized spacial score (nSPS) is 10.4. The van der Waals surface area contributed by atoms with E-state index >= 15 is 0 Å². The van der Waals surface area contributed by atoms with Crippen molar-refractivity contribution in [3.8, 4) is 5.75 Å². The molecule has 21 heavy (non-hydrogen) atoms. The molecule has 110 valence electrons. The maximum atomic E-state index is 10.8. The topological polar surface area (TPSA) is 75.4 Å². The van der Waals surface area contributed by atoms with Crippen LogP contribution in [0.1, 0.15) is 16.7 Å². The molecule has 5 nitrogen and oxygen atoms in total. The Balaban J connectivity index is 2.20. The minimum Gasteiger partial charge on any atom is -0.507 e. The van der Waals surface area contributed by atoms with Crippen molar-refractivity contribution >= 4 is 27.3 Å². The zero-order valence-corrected chi connectivity index (χ0v) is 13.3. The van der Waals surface area contributed by atoms with E-state index in [-0.39, 0.29) is 5.69 Å². The lowest BCUT2D eigenvalue weighted by Crippen LogP contribution is -2.02. The molecule has 0 radical (unpaired) electrons. The van der Waals surface area contributed by atoms with E-state index < -0.39 is 4.92 Å². The maximum absolute atomic E-state index is 10.8. The average Bonchev–Trinajstić information content (AvgIpc) is 2.43. The summed E-state index contributed by atoms with van der Waals surface area (Å²) in [5, 5.41) is 23.7. The van der Waals surface area contributed by atoms with Gasteiger partial charge in [0.15, 0.2) is 0 Å². The van der Waals surface area contributed by atoms with Gasteiger partial charge in [0.05, 0.1) is 10.6 Å².